The van der Waals surface area contributed by atoms with Crippen molar-refractivity contribution in [1.82, 2.24) is 9.97 Å². The molecule has 1 aromatic heterocycles. The van der Waals surface area contributed by atoms with E-state index >= 15 is 0 Å². The third-order valence-corrected chi connectivity index (χ3v) is 8.50. The van der Waals surface area contributed by atoms with Gasteiger partial charge in [-0.1, -0.05) is 0 Å². The first-order chi connectivity index (χ1) is 19.5. The van der Waals surface area contributed by atoms with Gasteiger partial charge in [-0.05, 0) is 30.3 Å². The third kappa shape index (κ3) is 13.2. The van der Waals surface area contributed by atoms with Crippen LogP contribution in [0.15, 0.2) is 61.3 Å². The number of benzene rings is 2. The molecule has 0 amide bonds. The minimum Gasteiger partial charge on any atom is -0.744 e. The SMILES string of the molecule is Nc1cc(Nc2cc(F)nc(F)n2)c(N=Nc2ccc(S(=O)(=O)CCOSOO[O-])cc2S(=O)(=O)[O-])cc1S(=O)(=O)[O-].[Na+].[Na+].[Na+]. The molecule has 228 valence electrons. The topological polar surface area (TPSA) is 288 Å². The smallest absolute Gasteiger partial charge is 0.744 e. The van der Waals surface area contributed by atoms with E-state index in [1.807, 2.05) is 0 Å². The van der Waals surface area contributed by atoms with Crippen LogP contribution in [0.25, 0.3) is 0 Å². The van der Waals surface area contributed by atoms with E-state index in [2.05, 4.69) is 39.1 Å². The van der Waals surface area contributed by atoms with Crippen molar-refractivity contribution in [1.29, 1.82) is 0 Å². The molecular formula is C18H13F2N6Na3O12S4. The molecule has 0 bridgehead atoms. The summed E-state index contributed by atoms with van der Waals surface area (Å²) in [7, 11) is -14.9. The standard InChI is InChI=1S/C18H16F2N6O12S4.3Na/c19-16-8-17(24-18(20)23-16)22-12-6-10(21)14(41(30,31)32)7-13(12)26-25-11-2-1-9(5-15(11)42(33,34)35)40(28,29)4-3-36-39-38-37-27;;;/h1-2,5-8,27H,3-4,21H2,(H,22,23,24)(H,30,31,32)(H,33,34,35);;;/q;3*+1/p-3. The fourth-order valence-electron chi connectivity index (χ4n) is 2.98. The number of halogens is 2. The van der Waals surface area contributed by atoms with Crippen molar-refractivity contribution in [3.63, 3.8) is 0 Å². The predicted octanol–water partition coefficient (Wildman–Crippen LogP) is -8.11. The second-order valence-electron chi connectivity index (χ2n) is 7.46. The molecule has 1 heterocycles. The molecule has 45 heavy (non-hydrogen) atoms. The molecule has 3 N–H and O–H groups in total. The fourth-order valence-corrected chi connectivity index (χ4v) is 5.73. The molecule has 27 heteroatoms. The summed E-state index contributed by atoms with van der Waals surface area (Å²) >= 11 is 0.0229. The summed E-state index contributed by atoms with van der Waals surface area (Å²) < 4.78 is 131. The molecule has 0 aliphatic heterocycles. The Kier molecular flexibility index (Phi) is 18.7. The molecule has 0 saturated heterocycles. The summed E-state index contributed by atoms with van der Waals surface area (Å²) in [6.07, 6.45) is -1.50. The van der Waals surface area contributed by atoms with Gasteiger partial charge in [-0.3, -0.25) is 9.22 Å². The molecule has 0 unspecified atom stereocenters. The summed E-state index contributed by atoms with van der Waals surface area (Å²) in [5, 5.41) is 22.2. The average Bonchev–Trinajstić information content (AvgIpc) is 2.86. The number of rotatable bonds is 13. The van der Waals surface area contributed by atoms with Crippen molar-refractivity contribution < 1.29 is 151 Å². The molecule has 0 atom stereocenters. The second kappa shape index (κ2) is 18.9. The summed E-state index contributed by atoms with van der Waals surface area (Å²) in [6.45, 7) is -0.560. The molecule has 0 saturated carbocycles. The number of nitrogens with two attached hydrogens (primary N) is 1. The summed E-state index contributed by atoms with van der Waals surface area (Å²) in [6, 6.07) is 4.11. The van der Waals surface area contributed by atoms with Crippen LogP contribution >= 0.6 is 12.3 Å². The molecule has 18 nitrogen and oxygen atoms in total. The average molecular weight is 741 g/mol. The number of azo groups is 1. The van der Waals surface area contributed by atoms with E-state index in [1.54, 1.807) is 0 Å². The minimum atomic E-state index is -5.42. The van der Waals surface area contributed by atoms with Crippen LogP contribution in [0.4, 0.5) is 37.3 Å². The van der Waals surface area contributed by atoms with Gasteiger partial charge in [0.1, 0.15) is 37.4 Å². The Bertz CT molecular complexity index is 1840. The largest absolute Gasteiger partial charge is 1.00 e. The maximum Gasteiger partial charge on any atom is 1.00 e. The maximum absolute atomic E-state index is 13.5. The molecule has 0 aliphatic rings. The first-order valence-corrected chi connectivity index (χ1v) is 15.5. The number of hydrogen-bond acceptors (Lipinski definition) is 19. The van der Waals surface area contributed by atoms with E-state index in [1.165, 1.54) is 0 Å². The zero-order valence-electron chi connectivity index (χ0n) is 23.0. The van der Waals surface area contributed by atoms with Crippen molar-refractivity contribution in [2.24, 2.45) is 10.2 Å². The normalized spacial score (nSPS) is 11.8. The van der Waals surface area contributed by atoms with E-state index in [0.717, 1.165) is 18.2 Å². The van der Waals surface area contributed by atoms with E-state index in [0.29, 0.717) is 18.2 Å². The van der Waals surface area contributed by atoms with Gasteiger partial charge in [0.05, 0.1) is 38.4 Å². The van der Waals surface area contributed by atoms with Gasteiger partial charge in [-0.2, -0.15) is 18.7 Å². The number of anilines is 3. The Balaban J connectivity index is 0.00000645. The quantitative estimate of drug-likeness (QED) is 0.0157. The number of nitrogen functional groups attached to an aromatic ring is 1. The molecule has 0 spiro atoms. The zero-order chi connectivity index (χ0) is 31.3. The van der Waals surface area contributed by atoms with Crippen molar-refractivity contribution in [2.45, 2.75) is 14.7 Å². The summed E-state index contributed by atoms with van der Waals surface area (Å²) in [5.74, 6) is -2.60. The van der Waals surface area contributed by atoms with E-state index in [-0.39, 0.29) is 107 Å². The number of nitrogens with zero attached hydrogens (tertiary/aromatic N) is 4. The van der Waals surface area contributed by atoms with Gasteiger partial charge in [0.2, 0.25) is 5.95 Å². The number of aromatic nitrogens is 2. The van der Waals surface area contributed by atoms with Gasteiger partial charge in [-0.15, -0.1) is 14.6 Å². The third-order valence-electron chi connectivity index (χ3n) is 4.69. The molecule has 0 radical (unpaired) electrons. The molecule has 0 fully saturated rings. The van der Waals surface area contributed by atoms with Crippen LogP contribution in [0.3, 0.4) is 0 Å². The Morgan fingerprint density at radius 1 is 0.889 bits per heavy atom. The molecule has 3 rings (SSSR count). The summed E-state index contributed by atoms with van der Waals surface area (Å²) in [4.78, 5) is 3.22. The second-order valence-corrected chi connectivity index (χ2v) is 12.8. The van der Waals surface area contributed by atoms with Crippen LogP contribution in [0.1, 0.15) is 0 Å². The Labute approximate surface area is 324 Å². The van der Waals surface area contributed by atoms with E-state index < -0.39 is 92.0 Å². The zero-order valence-corrected chi connectivity index (χ0v) is 32.3. The first kappa shape index (κ1) is 44.5. The maximum atomic E-state index is 13.5. The summed E-state index contributed by atoms with van der Waals surface area (Å²) in [5.41, 5.74) is 3.31. The molecule has 0 aliphatic carbocycles. The Hall–Kier alpha value is -0.460. The van der Waals surface area contributed by atoms with Gasteiger partial charge in [0, 0.05) is 6.07 Å². The number of sulfone groups is 1. The monoisotopic (exact) mass is 740 g/mol. The van der Waals surface area contributed by atoms with Crippen molar-refractivity contribution in [3.05, 3.63) is 48.4 Å². The van der Waals surface area contributed by atoms with Crippen LogP contribution in [0.2, 0.25) is 0 Å². The van der Waals surface area contributed by atoms with Crippen molar-refractivity contribution in [3.8, 4) is 0 Å². The van der Waals surface area contributed by atoms with Crippen molar-refractivity contribution >= 4 is 71.0 Å². The molecule has 3 aromatic rings. The Morgan fingerprint density at radius 3 is 2.09 bits per heavy atom. The minimum absolute atomic E-state index is 0. The fraction of sp³-hybridized carbons (Fsp3) is 0.111. The molecule has 2 aromatic carbocycles. The number of nitrogens with one attached hydrogen (secondary N) is 1. The van der Waals surface area contributed by atoms with Crippen LogP contribution in [0, 0.1) is 12.0 Å². The Morgan fingerprint density at radius 2 is 1.51 bits per heavy atom. The van der Waals surface area contributed by atoms with Crippen LogP contribution in [-0.4, -0.2) is 56.7 Å². The van der Waals surface area contributed by atoms with Crippen LogP contribution in [-0.2, 0) is 43.6 Å². The van der Waals surface area contributed by atoms with Crippen LogP contribution < -0.4 is 105 Å². The predicted molar refractivity (Wildman–Crippen MR) is 130 cm³/mol. The van der Waals surface area contributed by atoms with E-state index in [4.69, 9.17) is 5.73 Å². The van der Waals surface area contributed by atoms with Gasteiger partial charge < -0.3 is 25.4 Å². The molecular weight excluding hydrogens is 727 g/mol. The van der Waals surface area contributed by atoms with Gasteiger partial charge >= 0.3 is 94.8 Å². The first-order valence-electron chi connectivity index (χ1n) is 10.4. The van der Waals surface area contributed by atoms with Crippen molar-refractivity contribution in [2.75, 3.05) is 23.4 Å². The van der Waals surface area contributed by atoms with Gasteiger partial charge in [0.25, 0.3) is 0 Å². The number of hydrogen-bond donors (Lipinski definition) is 2. The van der Waals surface area contributed by atoms with Gasteiger partial charge in [0.15, 0.2) is 22.2 Å². The van der Waals surface area contributed by atoms with Crippen LogP contribution in [0.5, 0.6) is 0 Å². The van der Waals surface area contributed by atoms with Gasteiger partial charge in [-0.25, -0.2) is 25.3 Å². The van der Waals surface area contributed by atoms with E-state index in [9.17, 15) is 48.4 Å².